The highest BCUT2D eigenvalue weighted by molar-refractivity contribution is 6.06. The summed E-state index contributed by atoms with van der Waals surface area (Å²) in [5.41, 5.74) is 1.90. The van der Waals surface area contributed by atoms with Crippen molar-refractivity contribution in [3.8, 4) is 17.2 Å². The van der Waals surface area contributed by atoms with E-state index in [4.69, 9.17) is 18.3 Å². The molecule has 33 heavy (non-hydrogen) atoms. The number of hydrogen-bond donors (Lipinski definition) is 0. The molecule has 1 atom stereocenters. The van der Waals surface area contributed by atoms with Gasteiger partial charge in [0.2, 0.25) is 12.0 Å². The first-order chi connectivity index (χ1) is 16.1. The van der Waals surface area contributed by atoms with Crippen molar-refractivity contribution in [1.29, 1.82) is 0 Å². The minimum atomic E-state index is -1.00. The first-order valence-electron chi connectivity index (χ1n) is 10.4. The first-order valence-corrected chi connectivity index (χ1v) is 10.4. The molecule has 2 aromatic heterocycles. The third-order valence-electron chi connectivity index (χ3n) is 5.28. The lowest BCUT2D eigenvalue weighted by Crippen LogP contribution is -2.47. The molecule has 3 heterocycles. The van der Waals surface area contributed by atoms with Gasteiger partial charge >= 0.3 is 5.97 Å². The normalized spacial score (nSPS) is 14.9. The summed E-state index contributed by atoms with van der Waals surface area (Å²) in [6.07, 6.45) is 0.426. The second kappa shape index (κ2) is 8.66. The Morgan fingerprint density at radius 3 is 2.64 bits per heavy atom. The number of oxazole rings is 1. The highest BCUT2D eigenvalue weighted by Crippen LogP contribution is 2.34. The van der Waals surface area contributed by atoms with E-state index < -0.39 is 12.1 Å². The molecule has 0 fully saturated rings. The van der Waals surface area contributed by atoms with E-state index in [1.165, 1.54) is 11.2 Å². The number of esters is 1. The summed E-state index contributed by atoms with van der Waals surface area (Å²) in [5, 5.41) is 0. The predicted molar refractivity (Wildman–Crippen MR) is 118 cm³/mol. The van der Waals surface area contributed by atoms with E-state index in [2.05, 4.69) is 4.98 Å². The van der Waals surface area contributed by atoms with Crippen LogP contribution in [-0.2, 0) is 16.1 Å². The average molecular weight is 444 g/mol. The highest BCUT2D eigenvalue weighted by Gasteiger charge is 2.36. The van der Waals surface area contributed by atoms with Gasteiger partial charge in [0, 0.05) is 5.56 Å². The van der Waals surface area contributed by atoms with Gasteiger partial charge in [-0.3, -0.25) is 9.69 Å². The van der Waals surface area contributed by atoms with Crippen LogP contribution in [0.5, 0.6) is 5.75 Å². The minimum absolute atomic E-state index is 0.0115. The quantitative estimate of drug-likeness (QED) is 0.421. The number of hydrogen-bond acceptors (Lipinski definition) is 7. The van der Waals surface area contributed by atoms with Gasteiger partial charge in [-0.25, -0.2) is 9.78 Å². The number of para-hydroxylation sites is 2. The summed E-state index contributed by atoms with van der Waals surface area (Å²) in [6, 6.07) is 19.7. The van der Waals surface area contributed by atoms with Crippen LogP contribution in [-0.4, -0.2) is 29.5 Å². The van der Waals surface area contributed by atoms with Crippen LogP contribution in [0.2, 0.25) is 0 Å². The van der Waals surface area contributed by atoms with Crippen molar-refractivity contribution in [2.75, 3.05) is 11.4 Å². The van der Waals surface area contributed by atoms with E-state index in [1.807, 2.05) is 30.3 Å². The summed E-state index contributed by atoms with van der Waals surface area (Å²) in [4.78, 5) is 31.7. The maximum absolute atomic E-state index is 13.0. The molecular weight excluding hydrogens is 424 g/mol. The molecule has 8 heteroatoms. The van der Waals surface area contributed by atoms with Crippen LogP contribution in [0.15, 0.2) is 81.8 Å². The fraction of sp³-hybridized carbons (Fsp3) is 0.160. The number of ether oxygens (including phenoxy) is 2. The molecule has 1 unspecified atom stereocenters. The molecule has 0 saturated carbocycles. The lowest BCUT2D eigenvalue weighted by atomic mass is 10.1. The fourth-order valence-corrected chi connectivity index (χ4v) is 3.58. The Morgan fingerprint density at radius 2 is 1.85 bits per heavy atom. The van der Waals surface area contributed by atoms with Gasteiger partial charge < -0.3 is 18.3 Å². The Kier molecular flexibility index (Phi) is 5.40. The molecule has 0 aliphatic carbocycles. The zero-order chi connectivity index (χ0) is 22.8. The Bertz CT molecular complexity index is 1280. The molecule has 8 nitrogen and oxygen atoms in total. The van der Waals surface area contributed by atoms with E-state index in [0.717, 1.165) is 5.56 Å². The smallest absolute Gasteiger partial charge is 0.349 e. The number of rotatable bonds is 5. The number of amides is 1. The molecule has 1 amide bonds. The molecule has 0 bridgehead atoms. The maximum atomic E-state index is 13.0. The van der Waals surface area contributed by atoms with E-state index >= 15 is 0 Å². The number of furan rings is 1. The number of benzene rings is 2. The Hall–Kier alpha value is -4.33. The topological polar surface area (TPSA) is 95.0 Å². The van der Waals surface area contributed by atoms with Crippen LogP contribution in [0.4, 0.5) is 5.69 Å². The van der Waals surface area contributed by atoms with Crippen molar-refractivity contribution in [2.24, 2.45) is 0 Å². The van der Waals surface area contributed by atoms with Gasteiger partial charge in [0.1, 0.15) is 23.8 Å². The van der Waals surface area contributed by atoms with E-state index in [0.29, 0.717) is 28.8 Å². The van der Waals surface area contributed by atoms with Crippen LogP contribution in [0.1, 0.15) is 22.0 Å². The SMILES string of the molecule is Cc1oc(-c2ccccc2)nc1COC(=O)C1CN(C(=O)c2ccco2)c2ccccc2O1. The first kappa shape index (κ1) is 20.6. The minimum Gasteiger partial charge on any atom is -0.475 e. The van der Waals surface area contributed by atoms with Crippen LogP contribution < -0.4 is 9.64 Å². The number of aromatic nitrogens is 1. The predicted octanol–water partition coefficient (Wildman–Crippen LogP) is 4.39. The number of fused-ring (bicyclic) bond motifs is 1. The standard InChI is InChI=1S/C25H20N2O6/c1-16-18(26-23(32-16)17-8-3-2-4-9-17)15-31-25(29)22-14-27(24(28)21-12-7-13-30-21)19-10-5-6-11-20(19)33-22/h2-13,22H,14-15H2,1H3. The van der Waals surface area contributed by atoms with E-state index in [-0.39, 0.29) is 24.8 Å². The third kappa shape index (κ3) is 4.10. The fourth-order valence-electron chi connectivity index (χ4n) is 3.58. The number of aryl methyl sites for hydroxylation is 1. The number of carbonyl (C=O) groups is 2. The number of anilines is 1. The van der Waals surface area contributed by atoms with Crippen LogP contribution in [0.3, 0.4) is 0 Å². The van der Waals surface area contributed by atoms with Crippen molar-refractivity contribution in [1.82, 2.24) is 4.98 Å². The molecule has 1 aliphatic heterocycles. The second-order valence-corrected chi connectivity index (χ2v) is 7.46. The molecule has 166 valence electrons. The van der Waals surface area contributed by atoms with Crippen molar-refractivity contribution in [3.05, 3.63) is 90.2 Å². The van der Waals surface area contributed by atoms with Crippen molar-refractivity contribution in [2.45, 2.75) is 19.6 Å². The van der Waals surface area contributed by atoms with Gasteiger partial charge in [-0.05, 0) is 43.3 Å². The van der Waals surface area contributed by atoms with Gasteiger partial charge in [-0.15, -0.1) is 0 Å². The third-order valence-corrected chi connectivity index (χ3v) is 5.28. The van der Waals surface area contributed by atoms with Crippen LogP contribution >= 0.6 is 0 Å². The van der Waals surface area contributed by atoms with Crippen molar-refractivity contribution < 1.29 is 27.9 Å². The summed E-state index contributed by atoms with van der Waals surface area (Å²) < 4.78 is 22.3. The maximum Gasteiger partial charge on any atom is 0.349 e. The Labute approximate surface area is 189 Å². The molecule has 4 aromatic rings. The second-order valence-electron chi connectivity index (χ2n) is 7.46. The van der Waals surface area contributed by atoms with Crippen LogP contribution in [0, 0.1) is 6.92 Å². The average Bonchev–Trinajstić information content (AvgIpc) is 3.52. The van der Waals surface area contributed by atoms with Crippen LogP contribution in [0.25, 0.3) is 11.5 Å². The Balaban J connectivity index is 1.31. The van der Waals surface area contributed by atoms with E-state index in [9.17, 15) is 9.59 Å². The molecule has 0 saturated heterocycles. The monoisotopic (exact) mass is 444 g/mol. The largest absolute Gasteiger partial charge is 0.475 e. The molecule has 0 radical (unpaired) electrons. The lowest BCUT2D eigenvalue weighted by molar-refractivity contribution is -0.153. The van der Waals surface area contributed by atoms with Gasteiger partial charge in [0.25, 0.3) is 5.91 Å². The summed E-state index contributed by atoms with van der Waals surface area (Å²) in [7, 11) is 0. The molecule has 2 aromatic carbocycles. The summed E-state index contributed by atoms with van der Waals surface area (Å²) in [5.74, 6) is 0.627. The molecule has 0 N–H and O–H groups in total. The highest BCUT2D eigenvalue weighted by atomic mass is 16.6. The van der Waals surface area contributed by atoms with Gasteiger partial charge in [0.05, 0.1) is 18.5 Å². The van der Waals surface area contributed by atoms with E-state index in [1.54, 1.807) is 43.3 Å². The van der Waals surface area contributed by atoms with Gasteiger partial charge in [-0.1, -0.05) is 30.3 Å². The van der Waals surface area contributed by atoms with Gasteiger partial charge in [-0.2, -0.15) is 0 Å². The lowest BCUT2D eigenvalue weighted by Gasteiger charge is -2.33. The number of nitrogens with zero attached hydrogens (tertiary/aromatic N) is 2. The zero-order valence-electron chi connectivity index (χ0n) is 17.8. The van der Waals surface area contributed by atoms with Crippen molar-refractivity contribution in [3.63, 3.8) is 0 Å². The molecule has 0 spiro atoms. The summed E-state index contributed by atoms with van der Waals surface area (Å²) in [6.45, 7) is 1.68. The van der Waals surface area contributed by atoms with Crippen molar-refractivity contribution >= 4 is 17.6 Å². The molecule has 1 aliphatic rings. The zero-order valence-corrected chi connectivity index (χ0v) is 17.8. The number of carbonyl (C=O) groups excluding carboxylic acids is 2. The Morgan fingerprint density at radius 1 is 1.06 bits per heavy atom. The van der Waals surface area contributed by atoms with Gasteiger partial charge in [0.15, 0.2) is 5.76 Å². The summed E-state index contributed by atoms with van der Waals surface area (Å²) >= 11 is 0. The molecule has 5 rings (SSSR count). The molecular formula is C25H20N2O6.